The van der Waals surface area contributed by atoms with Crippen LogP contribution in [-0.4, -0.2) is 28.9 Å². The van der Waals surface area contributed by atoms with E-state index in [0.717, 1.165) is 48.9 Å². The van der Waals surface area contributed by atoms with Crippen LogP contribution in [0.1, 0.15) is 125 Å². The van der Waals surface area contributed by atoms with Crippen molar-refractivity contribution in [3.8, 4) is 5.75 Å². The smallest absolute Gasteiger partial charge is 0.352 e. The van der Waals surface area contributed by atoms with Crippen LogP contribution in [-0.2, 0) is 36.3 Å². The third-order valence-electron chi connectivity index (χ3n) is 8.08. The summed E-state index contributed by atoms with van der Waals surface area (Å²) in [4.78, 5) is 29.4. The van der Waals surface area contributed by atoms with E-state index in [1.54, 1.807) is 13.8 Å². The minimum Gasteiger partial charge on any atom is -0.507 e. The minimum atomic E-state index is -1.38. The summed E-state index contributed by atoms with van der Waals surface area (Å²) in [5.74, 6) is -1.81. The van der Waals surface area contributed by atoms with Crippen LogP contribution < -0.4 is 10.2 Å². The molecule has 0 radical (unpaired) electrons. The van der Waals surface area contributed by atoms with Crippen LogP contribution in [0.2, 0.25) is 0 Å². The van der Waals surface area contributed by atoms with Crippen molar-refractivity contribution >= 4 is 23.3 Å². The van der Waals surface area contributed by atoms with E-state index in [9.17, 15) is 14.7 Å². The minimum absolute atomic E-state index is 0.0840. The molecule has 1 aliphatic rings. The van der Waals surface area contributed by atoms with Gasteiger partial charge in [0.1, 0.15) is 11.6 Å². The Kier molecular flexibility index (Phi) is 11.1. The number of hydrogen-bond acceptors (Lipinski definition) is 7. The van der Waals surface area contributed by atoms with Crippen LogP contribution in [0.4, 0.5) is 11.4 Å². The van der Waals surface area contributed by atoms with Crippen molar-refractivity contribution in [3.63, 3.8) is 0 Å². The summed E-state index contributed by atoms with van der Waals surface area (Å²) in [7, 11) is 0. The molecule has 1 heterocycles. The molecule has 3 rings (SSSR count). The van der Waals surface area contributed by atoms with Crippen molar-refractivity contribution in [2.24, 2.45) is 5.92 Å². The van der Waals surface area contributed by atoms with Gasteiger partial charge < -0.3 is 24.8 Å². The van der Waals surface area contributed by atoms with Gasteiger partial charge in [-0.3, -0.25) is 0 Å². The number of phenolic OH excluding ortho intramolecular Hbond substituents is 1. The van der Waals surface area contributed by atoms with Gasteiger partial charge >= 0.3 is 11.9 Å². The largest absolute Gasteiger partial charge is 0.507 e. The number of carbonyl (C=O) groups is 2. The second kappa shape index (κ2) is 13.9. The maximum atomic E-state index is 13.7. The Balaban J connectivity index is 2.33. The number of ether oxygens (including phenoxy) is 2. The number of nitrogens with zero attached hydrogens (tertiary/aromatic N) is 1. The third-order valence-corrected chi connectivity index (χ3v) is 8.08. The summed E-state index contributed by atoms with van der Waals surface area (Å²) in [5, 5.41) is 14.9. The average Bonchev–Trinajstić information content (AvgIpc) is 2.88. The summed E-state index contributed by atoms with van der Waals surface area (Å²) in [6.07, 6.45) is 4.93. The Labute approximate surface area is 271 Å². The molecule has 248 valence electrons. The Bertz CT molecular complexity index is 1330. The highest BCUT2D eigenvalue weighted by Crippen LogP contribution is 2.42. The Morgan fingerprint density at radius 1 is 0.889 bits per heavy atom. The molecule has 1 saturated heterocycles. The van der Waals surface area contributed by atoms with E-state index in [1.807, 2.05) is 17.0 Å². The second-order valence-corrected chi connectivity index (χ2v) is 15.4. The number of rotatable bonds is 11. The second-order valence-electron chi connectivity index (χ2n) is 15.4. The summed E-state index contributed by atoms with van der Waals surface area (Å²) < 4.78 is 11.3. The number of esters is 2. The molecule has 0 saturated carbocycles. The maximum absolute atomic E-state index is 13.7. The maximum Gasteiger partial charge on any atom is 0.352 e. The molecule has 7 nitrogen and oxygen atoms in total. The lowest BCUT2D eigenvalue weighted by molar-refractivity contribution is -0.222. The van der Waals surface area contributed by atoms with Gasteiger partial charge in [0.15, 0.2) is 5.57 Å². The van der Waals surface area contributed by atoms with Crippen LogP contribution >= 0.6 is 0 Å². The van der Waals surface area contributed by atoms with Crippen LogP contribution in [0.3, 0.4) is 0 Å². The number of phenols is 1. The fourth-order valence-corrected chi connectivity index (χ4v) is 5.76. The van der Waals surface area contributed by atoms with Crippen LogP contribution in [0.5, 0.6) is 5.75 Å². The van der Waals surface area contributed by atoms with Gasteiger partial charge in [-0.1, -0.05) is 93.7 Å². The molecule has 2 aromatic rings. The van der Waals surface area contributed by atoms with Crippen molar-refractivity contribution in [2.75, 3.05) is 10.2 Å². The highest BCUT2D eigenvalue weighted by atomic mass is 16.7. The molecule has 1 fully saturated rings. The van der Waals surface area contributed by atoms with Gasteiger partial charge in [-0.2, -0.15) is 0 Å². The predicted octanol–water partition coefficient (Wildman–Crippen LogP) is 9.12. The fourth-order valence-electron chi connectivity index (χ4n) is 5.76. The van der Waals surface area contributed by atoms with Crippen molar-refractivity contribution < 1.29 is 24.2 Å². The van der Waals surface area contributed by atoms with Gasteiger partial charge in [0.25, 0.3) is 5.79 Å². The Morgan fingerprint density at radius 3 is 1.84 bits per heavy atom. The summed E-state index contributed by atoms with van der Waals surface area (Å²) in [6.45, 7) is 24.1. The normalized spacial score (nSPS) is 15.9. The Morgan fingerprint density at radius 2 is 1.40 bits per heavy atom. The number of hydrogen-bond donors (Lipinski definition) is 2. The van der Waals surface area contributed by atoms with E-state index in [0.29, 0.717) is 17.4 Å². The monoisotopic (exact) mass is 620 g/mol. The van der Waals surface area contributed by atoms with Gasteiger partial charge in [0.2, 0.25) is 0 Å². The van der Waals surface area contributed by atoms with E-state index in [1.165, 1.54) is 5.56 Å². The molecular formula is C38H56N2O5. The number of carbonyl (C=O) groups excluding carboxylic acids is 2. The molecule has 7 heteroatoms. The molecule has 45 heavy (non-hydrogen) atoms. The highest BCUT2D eigenvalue weighted by molar-refractivity contribution is 6.16. The third kappa shape index (κ3) is 9.05. The lowest BCUT2D eigenvalue weighted by Gasteiger charge is -2.38. The molecule has 1 atom stereocenters. The van der Waals surface area contributed by atoms with Crippen molar-refractivity contribution in [1.82, 2.24) is 0 Å². The van der Waals surface area contributed by atoms with E-state index in [4.69, 9.17) is 9.47 Å². The van der Waals surface area contributed by atoms with E-state index in [-0.39, 0.29) is 28.2 Å². The van der Waals surface area contributed by atoms with Gasteiger partial charge in [0, 0.05) is 42.4 Å². The summed E-state index contributed by atoms with van der Waals surface area (Å²) in [6, 6.07) is 12.1. The van der Waals surface area contributed by atoms with Crippen molar-refractivity contribution in [2.45, 2.75) is 138 Å². The van der Waals surface area contributed by atoms with Gasteiger partial charge in [0.05, 0.1) is 0 Å². The van der Waals surface area contributed by atoms with Gasteiger partial charge in [-0.15, -0.1) is 0 Å². The molecule has 2 N–H and O–H groups in total. The zero-order valence-corrected chi connectivity index (χ0v) is 29.7. The number of cyclic esters (lactones) is 2. The number of aromatic hydroxyl groups is 1. The molecule has 0 amide bonds. The first-order valence-corrected chi connectivity index (χ1v) is 16.5. The first kappa shape index (κ1) is 36.0. The number of anilines is 2. The zero-order valence-electron chi connectivity index (χ0n) is 29.7. The molecule has 0 aromatic heterocycles. The first-order chi connectivity index (χ1) is 20.7. The van der Waals surface area contributed by atoms with Gasteiger partial charge in [-0.25, -0.2) is 9.59 Å². The molecule has 1 aliphatic heterocycles. The fraction of sp³-hybridized carbons (Fsp3) is 0.579. The number of benzene rings is 2. The molecule has 2 aromatic carbocycles. The summed E-state index contributed by atoms with van der Waals surface area (Å²) >= 11 is 0. The lowest BCUT2D eigenvalue weighted by Crippen LogP contribution is -2.46. The van der Waals surface area contributed by atoms with Gasteiger partial charge in [-0.05, 0) is 66.3 Å². The highest BCUT2D eigenvalue weighted by Gasteiger charge is 2.43. The zero-order chi connectivity index (χ0) is 33.9. The molecule has 0 spiro atoms. The first-order valence-electron chi connectivity index (χ1n) is 16.5. The molecular weight excluding hydrogens is 564 g/mol. The lowest BCUT2D eigenvalue weighted by atomic mass is 9.79. The molecule has 1 unspecified atom stereocenters. The average molecular weight is 621 g/mol. The number of unbranched alkanes of at least 4 members (excludes halogenated alkanes) is 2. The van der Waals surface area contributed by atoms with Crippen LogP contribution in [0, 0.1) is 5.92 Å². The SMILES string of the molecule is CCCCCC(C)N(C(Nc1cc(C(C)(C)C)c(O)c(C(C)(C)C)c1)=C1C(=O)OC(C)(C)OC1=O)c1ccc(CC(C)C)cc1. The number of nitrogens with one attached hydrogen (secondary N) is 1. The molecule has 0 aliphatic carbocycles. The van der Waals surface area contributed by atoms with E-state index >= 15 is 0 Å². The summed E-state index contributed by atoms with van der Waals surface area (Å²) in [5.41, 5.74) is 3.30. The predicted molar refractivity (Wildman–Crippen MR) is 183 cm³/mol. The van der Waals surface area contributed by atoms with E-state index in [2.05, 4.69) is 98.8 Å². The topological polar surface area (TPSA) is 88.1 Å². The standard InChI is InChI=1S/C38H56N2O5/c1-13-14-15-16-25(4)40(28-19-17-26(18-20-28)21-24(2)3)33(31-34(42)44-38(11,12)45-35(31)43)39-27-22-29(36(5,6)7)32(41)30(23-27)37(8,9)10/h17-20,22-25,39,41H,13-16,21H2,1-12H3. The van der Waals surface area contributed by atoms with Crippen molar-refractivity contribution in [3.05, 3.63) is 64.5 Å². The van der Waals surface area contributed by atoms with Crippen LogP contribution in [0.15, 0.2) is 47.8 Å². The van der Waals surface area contributed by atoms with Crippen LogP contribution in [0.25, 0.3) is 0 Å². The van der Waals surface area contributed by atoms with Crippen molar-refractivity contribution in [1.29, 1.82) is 0 Å². The van der Waals surface area contributed by atoms with E-state index < -0.39 is 17.7 Å². The Hall–Kier alpha value is -3.48. The molecule has 0 bridgehead atoms. The quantitative estimate of drug-likeness (QED) is 0.0851.